The molecule has 1 saturated carbocycles. The third-order valence-electron chi connectivity index (χ3n) is 4.06. The second-order valence-corrected chi connectivity index (χ2v) is 7.87. The molecule has 7 nitrogen and oxygen atoms in total. The van der Waals surface area contributed by atoms with E-state index in [0.29, 0.717) is 0 Å². The molecule has 0 aliphatic heterocycles. The van der Waals surface area contributed by atoms with Gasteiger partial charge in [0, 0.05) is 6.26 Å². The topological polar surface area (TPSA) is 99.4 Å². The first kappa shape index (κ1) is 15.9. The van der Waals surface area contributed by atoms with Crippen LogP contribution in [-0.4, -0.2) is 37.9 Å². The molecule has 1 fully saturated rings. The average molecular weight is 316 g/mol. The van der Waals surface area contributed by atoms with Crippen LogP contribution in [0.25, 0.3) is 0 Å². The van der Waals surface area contributed by atoms with Gasteiger partial charge in [0.15, 0.2) is 15.7 Å². The van der Waals surface area contributed by atoms with Crippen molar-refractivity contribution in [1.29, 1.82) is 0 Å². The lowest BCUT2D eigenvalue weighted by molar-refractivity contribution is -0.144. The van der Waals surface area contributed by atoms with E-state index in [9.17, 15) is 13.2 Å². The first-order valence-electron chi connectivity index (χ1n) is 6.94. The minimum absolute atomic E-state index is 0.0828. The highest BCUT2D eigenvalue weighted by molar-refractivity contribution is 7.90. The first-order valence-corrected chi connectivity index (χ1v) is 8.90. The highest BCUT2D eigenvalue weighted by atomic mass is 32.2. The van der Waals surface area contributed by atoms with Gasteiger partial charge in [-0.3, -0.25) is 4.79 Å². The summed E-state index contributed by atoms with van der Waals surface area (Å²) in [6.07, 6.45) is 5.03. The average Bonchev–Trinajstić information content (AvgIpc) is 3.08. The van der Waals surface area contributed by atoms with Crippen LogP contribution in [0.4, 0.5) is 0 Å². The maximum Gasteiger partial charge on any atom is 0.318 e. The van der Waals surface area contributed by atoms with Crippen LogP contribution >= 0.6 is 0 Å². The molecule has 118 valence electrons. The fourth-order valence-electron chi connectivity index (χ4n) is 2.64. The summed E-state index contributed by atoms with van der Waals surface area (Å²) in [7, 11) is -1.99. The van der Waals surface area contributed by atoms with Crippen molar-refractivity contribution >= 4 is 15.8 Å². The van der Waals surface area contributed by atoms with Gasteiger partial charge in [-0.05, 0) is 25.7 Å². The summed E-state index contributed by atoms with van der Waals surface area (Å²) in [5.74, 6) is -0.674. The minimum Gasteiger partial charge on any atom is -0.468 e. The molecule has 1 aliphatic carbocycles. The van der Waals surface area contributed by atoms with Crippen molar-refractivity contribution in [3.8, 4) is 0 Å². The summed E-state index contributed by atoms with van der Waals surface area (Å²) in [5.41, 5.74) is 0. The van der Waals surface area contributed by atoms with E-state index in [2.05, 4.69) is 10.1 Å². The third-order valence-corrected chi connectivity index (χ3v) is 5.55. The Hall–Kier alpha value is -1.44. The Kier molecular flexibility index (Phi) is 4.65. The van der Waals surface area contributed by atoms with Crippen LogP contribution in [0.1, 0.15) is 55.5 Å². The molecule has 0 aromatic carbocycles. The van der Waals surface area contributed by atoms with Crippen molar-refractivity contribution in [1.82, 2.24) is 10.1 Å². The molecule has 0 bridgehead atoms. The summed E-state index contributed by atoms with van der Waals surface area (Å²) in [4.78, 5) is 16.1. The molecule has 1 heterocycles. The van der Waals surface area contributed by atoms with Gasteiger partial charge >= 0.3 is 5.97 Å². The van der Waals surface area contributed by atoms with Gasteiger partial charge in [0.2, 0.25) is 5.89 Å². The molecule has 2 rings (SSSR count). The van der Waals surface area contributed by atoms with E-state index in [1.807, 2.05) is 0 Å². The third kappa shape index (κ3) is 3.42. The Labute approximate surface area is 124 Å². The van der Waals surface area contributed by atoms with E-state index < -0.39 is 27.0 Å². The molecule has 21 heavy (non-hydrogen) atoms. The second kappa shape index (κ2) is 6.13. The zero-order chi connectivity index (χ0) is 15.6. The lowest BCUT2D eigenvalue weighted by atomic mass is 9.91. The Balaban J connectivity index is 2.29. The zero-order valence-electron chi connectivity index (χ0n) is 12.4. The van der Waals surface area contributed by atoms with Crippen molar-refractivity contribution in [3.05, 3.63) is 11.7 Å². The number of methoxy groups -OCH3 is 1. The highest BCUT2D eigenvalue weighted by Crippen LogP contribution is 2.37. The SMILES string of the molecule is COC(=O)C(c1nc(C(C)S(C)(=O)=O)no1)C1CCCC1. The predicted molar refractivity (Wildman–Crippen MR) is 74.3 cm³/mol. The van der Waals surface area contributed by atoms with Crippen LogP contribution in [0.15, 0.2) is 4.52 Å². The summed E-state index contributed by atoms with van der Waals surface area (Å²) in [5, 5.41) is 2.85. The van der Waals surface area contributed by atoms with Crippen molar-refractivity contribution < 1.29 is 22.5 Å². The number of aromatic nitrogens is 2. The van der Waals surface area contributed by atoms with Crippen molar-refractivity contribution in [2.24, 2.45) is 5.92 Å². The lowest BCUT2D eigenvalue weighted by Gasteiger charge is -2.16. The molecular weight excluding hydrogens is 296 g/mol. The van der Waals surface area contributed by atoms with E-state index in [0.717, 1.165) is 31.9 Å². The number of hydrogen-bond donors (Lipinski definition) is 0. The number of rotatable bonds is 5. The van der Waals surface area contributed by atoms with Crippen molar-refractivity contribution in [2.75, 3.05) is 13.4 Å². The highest BCUT2D eigenvalue weighted by Gasteiger charge is 2.38. The van der Waals surface area contributed by atoms with Crippen LogP contribution in [0.2, 0.25) is 0 Å². The fraction of sp³-hybridized carbons (Fsp3) is 0.769. The van der Waals surface area contributed by atoms with Crippen LogP contribution in [-0.2, 0) is 19.4 Å². The summed E-state index contributed by atoms with van der Waals surface area (Å²) in [6, 6.07) is 0. The lowest BCUT2D eigenvalue weighted by Crippen LogP contribution is -2.22. The van der Waals surface area contributed by atoms with Gasteiger partial charge in [0.25, 0.3) is 0 Å². The van der Waals surface area contributed by atoms with Crippen molar-refractivity contribution in [3.63, 3.8) is 0 Å². The van der Waals surface area contributed by atoms with Gasteiger partial charge < -0.3 is 9.26 Å². The largest absolute Gasteiger partial charge is 0.468 e. The number of sulfone groups is 1. The Morgan fingerprint density at radius 2 is 2.00 bits per heavy atom. The molecule has 2 unspecified atom stereocenters. The number of carbonyl (C=O) groups excluding carboxylic acids is 1. The number of nitrogens with zero attached hydrogens (tertiary/aromatic N) is 2. The second-order valence-electron chi connectivity index (χ2n) is 5.51. The fourth-order valence-corrected chi connectivity index (χ4v) is 3.12. The maximum absolute atomic E-state index is 12.0. The number of esters is 1. The molecule has 0 spiro atoms. The summed E-state index contributed by atoms with van der Waals surface area (Å²) < 4.78 is 33.1. The molecule has 1 aromatic rings. The van der Waals surface area contributed by atoms with E-state index >= 15 is 0 Å². The van der Waals surface area contributed by atoms with Gasteiger partial charge in [0.05, 0.1) is 7.11 Å². The molecule has 2 atom stereocenters. The van der Waals surface area contributed by atoms with Crippen LogP contribution in [0.3, 0.4) is 0 Å². The van der Waals surface area contributed by atoms with E-state index in [1.54, 1.807) is 0 Å². The molecule has 1 aliphatic rings. The quantitative estimate of drug-likeness (QED) is 0.761. The smallest absolute Gasteiger partial charge is 0.318 e. The standard InChI is InChI=1S/C13H20N2O5S/c1-8(21(3,17)18)11-14-12(20-15-11)10(13(16)19-2)9-6-4-5-7-9/h8-10H,4-7H2,1-3H3. The van der Waals surface area contributed by atoms with Gasteiger partial charge in [-0.2, -0.15) is 4.98 Å². The normalized spacial score (nSPS) is 19.4. The van der Waals surface area contributed by atoms with E-state index in [-0.39, 0.29) is 17.6 Å². The zero-order valence-corrected chi connectivity index (χ0v) is 13.2. The molecule has 0 amide bonds. The van der Waals surface area contributed by atoms with Gasteiger partial charge in [-0.25, -0.2) is 8.42 Å². The predicted octanol–water partition coefficient (Wildman–Crippen LogP) is 1.62. The Bertz CT molecular complexity index is 604. The van der Waals surface area contributed by atoms with E-state index in [4.69, 9.17) is 9.26 Å². The van der Waals surface area contributed by atoms with Gasteiger partial charge in [0.1, 0.15) is 11.2 Å². The van der Waals surface area contributed by atoms with Gasteiger partial charge in [-0.15, -0.1) is 0 Å². The van der Waals surface area contributed by atoms with E-state index in [1.165, 1.54) is 14.0 Å². The summed E-state index contributed by atoms with van der Waals surface area (Å²) >= 11 is 0. The van der Waals surface area contributed by atoms with Gasteiger partial charge in [-0.1, -0.05) is 18.0 Å². The molecule has 0 saturated heterocycles. The Morgan fingerprint density at radius 1 is 1.38 bits per heavy atom. The molecule has 0 N–H and O–H groups in total. The molecule has 1 aromatic heterocycles. The van der Waals surface area contributed by atoms with Crippen molar-refractivity contribution in [2.45, 2.75) is 43.8 Å². The molecule has 8 heteroatoms. The van der Waals surface area contributed by atoms with Crippen LogP contribution in [0, 0.1) is 5.92 Å². The van der Waals surface area contributed by atoms with Crippen LogP contribution < -0.4 is 0 Å². The monoisotopic (exact) mass is 316 g/mol. The summed E-state index contributed by atoms with van der Waals surface area (Å²) in [6.45, 7) is 1.49. The first-order chi connectivity index (χ1) is 9.84. The maximum atomic E-state index is 12.0. The molecule has 0 radical (unpaired) electrons. The van der Waals surface area contributed by atoms with Crippen LogP contribution in [0.5, 0.6) is 0 Å². The number of ether oxygens (including phenoxy) is 1. The number of hydrogen-bond acceptors (Lipinski definition) is 7. The number of carbonyl (C=O) groups is 1. The molecular formula is C13H20N2O5S. The minimum atomic E-state index is -3.31. The Morgan fingerprint density at radius 3 is 2.52 bits per heavy atom.